The summed E-state index contributed by atoms with van der Waals surface area (Å²) >= 11 is 0. The monoisotopic (exact) mass is 824 g/mol. The number of anilines is 1. The van der Waals surface area contributed by atoms with Crippen LogP contribution in [0.2, 0.25) is 0 Å². The number of aliphatic hydroxyl groups is 2. The first-order chi connectivity index (χ1) is 27.6. The van der Waals surface area contributed by atoms with Crippen LogP contribution in [0.3, 0.4) is 0 Å². The average Bonchev–Trinajstić information content (AvgIpc) is 3.45. The Morgan fingerprint density at radius 3 is 2.22 bits per heavy atom. The summed E-state index contributed by atoms with van der Waals surface area (Å²) in [6.45, 7) is 13.6. The highest BCUT2D eigenvalue weighted by atomic mass is 16.7. The van der Waals surface area contributed by atoms with E-state index in [0.29, 0.717) is 13.1 Å². The molecule has 16 heteroatoms. The fourth-order valence-electron chi connectivity index (χ4n) is 7.43. The summed E-state index contributed by atoms with van der Waals surface area (Å²) < 4.78 is 23.6. The predicted octanol–water partition coefficient (Wildman–Crippen LogP) is 4.58. The number of rotatable bonds is 7. The number of ketones is 1. The molecule has 3 heterocycles. The summed E-state index contributed by atoms with van der Waals surface area (Å²) in [5.74, 6) is -8.45. The van der Waals surface area contributed by atoms with Gasteiger partial charge in [0.2, 0.25) is 0 Å². The number of aliphatic hydroxyl groups excluding tert-OH is 2. The second-order valence-corrected chi connectivity index (χ2v) is 16.0. The number of nitrogens with zero attached hydrogens (tertiary/aromatic N) is 3. The lowest BCUT2D eigenvalue weighted by atomic mass is 9.78. The maximum absolute atomic E-state index is 14.4. The number of esters is 1. The normalized spacial score (nSPS) is 28.2. The molecule has 9 atom stereocenters. The number of fused-ring (bicyclic) bond motifs is 14. The summed E-state index contributed by atoms with van der Waals surface area (Å²) in [6.07, 6.45) is 4.76. The minimum absolute atomic E-state index is 0.0476. The van der Waals surface area contributed by atoms with E-state index in [1.165, 1.54) is 59.4 Å². The highest BCUT2D eigenvalue weighted by Crippen LogP contribution is 2.55. The Balaban J connectivity index is 1.97. The minimum atomic E-state index is -2.05. The number of ether oxygens (including phenoxy) is 4. The largest absolute Gasteiger partial charge is 0.507 e. The summed E-state index contributed by atoms with van der Waals surface area (Å²) in [7, 11) is 6.93. The van der Waals surface area contributed by atoms with Gasteiger partial charge in [-0.3, -0.25) is 19.4 Å². The number of methoxy groups -OCH3 is 1. The molecule has 1 amide bonds. The van der Waals surface area contributed by atoms with E-state index in [-0.39, 0.29) is 44.5 Å². The quantitative estimate of drug-likeness (QED) is 0.0741. The van der Waals surface area contributed by atoms with Crippen molar-refractivity contribution >= 4 is 40.3 Å². The van der Waals surface area contributed by atoms with Crippen LogP contribution in [-0.4, -0.2) is 131 Å². The van der Waals surface area contributed by atoms with E-state index in [1.807, 2.05) is 19.0 Å². The molecule has 0 spiro atoms. The molecule has 0 radical (unpaired) electrons. The van der Waals surface area contributed by atoms with Crippen LogP contribution in [0.1, 0.15) is 70.0 Å². The number of amides is 1. The van der Waals surface area contributed by atoms with Gasteiger partial charge in [-0.25, -0.2) is 0 Å². The van der Waals surface area contributed by atoms with Crippen molar-refractivity contribution in [1.82, 2.24) is 9.91 Å². The molecule has 3 aliphatic heterocycles. The van der Waals surface area contributed by atoms with Gasteiger partial charge in [-0.15, -0.1) is 0 Å². The van der Waals surface area contributed by atoms with Crippen molar-refractivity contribution in [3.05, 3.63) is 52.8 Å². The van der Waals surface area contributed by atoms with Crippen LogP contribution < -0.4 is 10.1 Å². The molecular formula is C43H60N4O12. The molecule has 0 fully saturated rings. The van der Waals surface area contributed by atoms with Crippen LogP contribution in [-0.2, 0) is 23.8 Å². The van der Waals surface area contributed by atoms with Gasteiger partial charge in [-0.05, 0) is 34.0 Å². The summed E-state index contributed by atoms with van der Waals surface area (Å²) in [4.78, 5) is 42.4. The van der Waals surface area contributed by atoms with Crippen molar-refractivity contribution in [1.29, 1.82) is 0 Å². The highest BCUT2D eigenvalue weighted by molar-refractivity contribution is 6.23. The lowest BCUT2D eigenvalue weighted by Crippen LogP contribution is -2.46. The first-order valence-corrected chi connectivity index (χ1v) is 19.6. The predicted molar refractivity (Wildman–Crippen MR) is 223 cm³/mol. The number of carbonyl (C=O) groups excluding carboxylic acids is 3. The molecule has 0 aliphatic carbocycles. The first kappa shape index (κ1) is 46.5. The second-order valence-electron chi connectivity index (χ2n) is 16.0. The van der Waals surface area contributed by atoms with Crippen LogP contribution in [0.25, 0.3) is 10.8 Å². The van der Waals surface area contributed by atoms with E-state index in [1.54, 1.807) is 51.9 Å². The van der Waals surface area contributed by atoms with E-state index < -0.39 is 88.8 Å². The molecule has 9 unspecified atom stereocenters. The third-order valence-electron chi connectivity index (χ3n) is 11.3. The topological polar surface area (TPSA) is 220 Å². The number of aromatic hydroxyl groups is 3. The van der Waals surface area contributed by atoms with E-state index in [0.717, 1.165) is 0 Å². The number of hydrazone groups is 1. The molecule has 0 saturated carbocycles. The number of likely N-dealkylation sites (N-methyl/N-ethyl adjacent to an activating group) is 2. The zero-order chi connectivity index (χ0) is 44.3. The third-order valence-corrected chi connectivity index (χ3v) is 11.3. The average molecular weight is 825 g/mol. The third kappa shape index (κ3) is 9.67. The molecule has 59 heavy (non-hydrogen) atoms. The molecule has 5 rings (SSSR count). The van der Waals surface area contributed by atoms with Crippen LogP contribution in [0, 0.1) is 30.6 Å². The van der Waals surface area contributed by atoms with E-state index in [2.05, 4.69) is 10.4 Å². The van der Waals surface area contributed by atoms with Crippen LogP contribution in [0.15, 0.2) is 41.2 Å². The maximum atomic E-state index is 14.4. The Bertz CT molecular complexity index is 2040. The fraction of sp³-hybridized carbons (Fsp3) is 0.535. The van der Waals surface area contributed by atoms with Gasteiger partial charge in [0, 0.05) is 81.3 Å². The van der Waals surface area contributed by atoms with E-state index in [4.69, 9.17) is 18.9 Å². The maximum Gasteiger partial charge on any atom is 0.312 e. The standard InChI is InChI=1S/C43H60N4O12/c1-21-14-13-15-22(2)42(55)45-33-28(20-44-47(11)18-17-46(9)10)37(52)30-31(38(33)53)36(51)26(6)40-32(30)41(54)43(8,59-40)57-19-16-29(56-12)23(3)39(58-27(7)48)25(5)35(50)24(4)34(21)49/h13-16,19-21,23-25,29,34-35,39,49-53H,17-18H2,1-12H3,(H,45,55). The Labute approximate surface area is 345 Å². The molecule has 0 saturated heterocycles. The van der Waals surface area contributed by atoms with Gasteiger partial charge in [0.05, 0.1) is 53.0 Å². The molecule has 6 N–H and O–H groups in total. The van der Waals surface area contributed by atoms with Crippen molar-refractivity contribution in [3.63, 3.8) is 0 Å². The van der Waals surface area contributed by atoms with Crippen LogP contribution in [0.4, 0.5) is 5.69 Å². The number of carbonyl (C=O) groups is 3. The number of phenolic OH excluding ortho intramolecular Hbond substituents is 3. The van der Waals surface area contributed by atoms with Gasteiger partial charge < -0.3 is 54.7 Å². The zero-order valence-corrected chi connectivity index (χ0v) is 35.9. The molecule has 324 valence electrons. The zero-order valence-electron chi connectivity index (χ0n) is 35.9. The smallest absolute Gasteiger partial charge is 0.312 e. The van der Waals surface area contributed by atoms with Crippen molar-refractivity contribution in [2.24, 2.45) is 28.8 Å². The number of nitrogens with one attached hydrogen (secondary N) is 1. The van der Waals surface area contributed by atoms with Gasteiger partial charge in [0.25, 0.3) is 11.7 Å². The van der Waals surface area contributed by atoms with Crippen LogP contribution >= 0.6 is 0 Å². The fourth-order valence-corrected chi connectivity index (χ4v) is 7.43. The van der Waals surface area contributed by atoms with Gasteiger partial charge in [-0.1, -0.05) is 45.9 Å². The number of Topliss-reactive ketones (excluding diaryl/α,β-unsaturated/α-hetero) is 1. The molecule has 0 aromatic heterocycles. The molecule has 5 bridgehead atoms. The highest BCUT2D eigenvalue weighted by Gasteiger charge is 2.50. The Kier molecular flexibility index (Phi) is 14.8. The molecule has 2 aromatic rings. The number of hydrogen-bond donors (Lipinski definition) is 6. The SMILES string of the molecule is COC1C=COC2(C)Oc3c(C)c(O)c4c(O)c(c(C=NN(C)CCN(C)C)c(O)c4c3C2=O)NC(=O)C(C)=CC=CC(C)C(O)C(C)C(O)C(C)C(OC(C)=O)C1C. The van der Waals surface area contributed by atoms with Crippen molar-refractivity contribution < 1.29 is 58.9 Å². The Morgan fingerprint density at radius 2 is 1.61 bits per heavy atom. The number of benzene rings is 2. The van der Waals surface area contributed by atoms with E-state index in [9.17, 15) is 39.9 Å². The minimum Gasteiger partial charge on any atom is -0.507 e. The number of hydrogen-bond acceptors (Lipinski definition) is 15. The molecule has 3 aliphatic rings. The van der Waals surface area contributed by atoms with Gasteiger partial charge in [0.1, 0.15) is 23.4 Å². The molecule has 2 aromatic carbocycles. The molecular weight excluding hydrogens is 764 g/mol. The summed E-state index contributed by atoms with van der Waals surface area (Å²) in [5, 5.41) is 66.4. The lowest BCUT2D eigenvalue weighted by molar-refractivity contribution is -0.160. The van der Waals surface area contributed by atoms with Crippen LogP contribution in [0.5, 0.6) is 23.0 Å². The first-order valence-electron chi connectivity index (χ1n) is 19.6. The Morgan fingerprint density at radius 1 is 0.949 bits per heavy atom. The van der Waals surface area contributed by atoms with Gasteiger partial charge in [-0.2, -0.15) is 5.10 Å². The van der Waals surface area contributed by atoms with Gasteiger partial charge >= 0.3 is 11.8 Å². The summed E-state index contributed by atoms with van der Waals surface area (Å²) in [5.41, 5.74) is -0.432. The van der Waals surface area contributed by atoms with Crippen molar-refractivity contribution in [2.45, 2.75) is 85.6 Å². The summed E-state index contributed by atoms with van der Waals surface area (Å²) in [6, 6.07) is 0. The van der Waals surface area contributed by atoms with Crippen molar-refractivity contribution in [2.75, 3.05) is 46.7 Å². The lowest BCUT2D eigenvalue weighted by Gasteiger charge is -2.38. The second kappa shape index (κ2) is 18.8. The molecule has 16 nitrogen and oxygen atoms in total. The van der Waals surface area contributed by atoms with Gasteiger partial charge in [0.15, 0.2) is 5.75 Å². The number of phenols is 3. The van der Waals surface area contributed by atoms with E-state index >= 15 is 0 Å². The van der Waals surface area contributed by atoms with Crippen molar-refractivity contribution in [3.8, 4) is 23.0 Å². The Hall–Kier alpha value is -5.16. The number of allylic oxidation sites excluding steroid dienone is 2.